The molecule has 0 bridgehead atoms. The molecule has 1 fully saturated rings. The number of carbonyl (C=O) groups is 1. The summed E-state index contributed by atoms with van der Waals surface area (Å²) in [5, 5.41) is 9.27. The molecule has 1 aliphatic heterocycles. The highest BCUT2D eigenvalue weighted by molar-refractivity contribution is 7.89. The Kier molecular flexibility index (Phi) is 6.68. The average molecular weight is 436 g/mol. The second-order valence-corrected chi connectivity index (χ2v) is 8.49. The zero-order valence-electron chi connectivity index (χ0n) is 16.8. The van der Waals surface area contributed by atoms with Gasteiger partial charge in [-0.25, -0.2) is 8.42 Å². The molecule has 162 valence electrons. The van der Waals surface area contributed by atoms with Crippen LogP contribution in [0.2, 0.25) is 0 Å². The van der Waals surface area contributed by atoms with E-state index in [1.165, 1.54) is 42.8 Å². The average Bonchev–Trinajstić information content (AvgIpc) is 2.78. The van der Waals surface area contributed by atoms with Crippen LogP contribution in [0.4, 0.5) is 0 Å². The molecule has 0 unspecified atom stereocenters. The van der Waals surface area contributed by atoms with Crippen molar-refractivity contribution in [3.8, 4) is 23.0 Å². The van der Waals surface area contributed by atoms with E-state index in [4.69, 9.17) is 14.2 Å². The molecule has 1 amide bonds. The van der Waals surface area contributed by atoms with Crippen molar-refractivity contribution < 1.29 is 32.5 Å². The van der Waals surface area contributed by atoms with Gasteiger partial charge in [0.25, 0.3) is 5.91 Å². The highest BCUT2D eigenvalue weighted by Crippen LogP contribution is 2.31. The number of sulfonamides is 1. The lowest BCUT2D eigenvalue weighted by molar-refractivity contribution is -0.134. The summed E-state index contributed by atoms with van der Waals surface area (Å²) in [6.45, 7) is 0.694. The number of methoxy groups -OCH3 is 2. The maximum absolute atomic E-state index is 13.0. The third-order valence-electron chi connectivity index (χ3n) is 4.78. The fraction of sp³-hybridized carbons (Fsp3) is 0.350. The SMILES string of the molecule is COc1ccc(S(=O)(=O)N2CCN(C(=O)COc3ccc(O)cc3)CC2)c(OC)c1. The van der Waals surface area contributed by atoms with Gasteiger partial charge in [0.1, 0.15) is 27.9 Å². The monoisotopic (exact) mass is 436 g/mol. The van der Waals surface area contributed by atoms with E-state index in [9.17, 15) is 18.3 Å². The first kappa shape index (κ1) is 21.7. The predicted molar refractivity (Wildman–Crippen MR) is 108 cm³/mol. The fourth-order valence-corrected chi connectivity index (χ4v) is 4.64. The molecule has 2 aromatic rings. The molecule has 1 aliphatic rings. The highest BCUT2D eigenvalue weighted by atomic mass is 32.2. The number of nitrogens with zero attached hydrogens (tertiary/aromatic N) is 2. The number of aromatic hydroxyl groups is 1. The third-order valence-corrected chi connectivity index (χ3v) is 6.72. The largest absolute Gasteiger partial charge is 0.508 e. The molecule has 9 nitrogen and oxygen atoms in total. The Morgan fingerprint density at radius 2 is 1.60 bits per heavy atom. The van der Waals surface area contributed by atoms with E-state index in [2.05, 4.69) is 0 Å². The number of phenolic OH excluding ortho intramolecular Hbond substituents is 1. The van der Waals surface area contributed by atoms with Crippen LogP contribution in [-0.2, 0) is 14.8 Å². The van der Waals surface area contributed by atoms with Gasteiger partial charge in [-0.15, -0.1) is 0 Å². The summed E-state index contributed by atoms with van der Waals surface area (Å²) in [4.78, 5) is 14.0. The number of piperazine rings is 1. The summed E-state index contributed by atoms with van der Waals surface area (Å²) < 4.78 is 43.2. The maximum atomic E-state index is 13.0. The molecule has 1 saturated heterocycles. The molecule has 3 rings (SSSR count). The molecule has 0 atom stereocenters. The standard InChI is InChI=1S/C20H24N2O7S/c1-27-17-7-8-19(18(13-17)28-2)30(25,26)22-11-9-21(10-12-22)20(24)14-29-16-5-3-15(23)4-6-16/h3-8,13,23H,9-12,14H2,1-2H3. The number of hydrogen-bond acceptors (Lipinski definition) is 7. The lowest BCUT2D eigenvalue weighted by Crippen LogP contribution is -2.51. The molecule has 1 N–H and O–H groups in total. The van der Waals surface area contributed by atoms with Gasteiger partial charge in [0.15, 0.2) is 6.61 Å². The summed E-state index contributed by atoms with van der Waals surface area (Å²) in [6, 6.07) is 10.6. The molecule has 30 heavy (non-hydrogen) atoms. The van der Waals surface area contributed by atoms with Crippen LogP contribution in [-0.4, -0.2) is 75.6 Å². The van der Waals surface area contributed by atoms with Crippen molar-refractivity contribution in [2.24, 2.45) is 0 Å². The second-order valence-electron chi connectivity index (χ2n) is 6.58. The quantitative estimate of drug-likeness (QED) is 0.698. The molecular formula is C20H24N2O7S. The zero-order chi connectivity index (χ0) is 21.7. The highest BCUT2D eigenvalue weighted by Gasteiger charge is 2.32. The van der Waals surface area contributed by atoms with Crippen LogP contribution in [0.5, 0.6) is 23.0 Å². The Bertz CT molecular complexity index is 985. The van der Waals surface area contributed by atoms with Gasteiger partial charge in [-0.3, -0.25) is 4.79 Å². The van der Waals surface area contributed by atoms with Gasteiger partial charge in [0.2, 0.25) is 10.0 Å². The number of rotatable bonds is 7. The van der Waals surface area contributed by atoms with Gasteiger partial charge in [0.05, 0.1) is 14.2 Å². The van der Waals surface area contributed by atoms with E-state index >= 15 is 0 Å². The molecule has 0 radical (unpaired) electrons. The summed E-state index contributed by atoms with van der Waals surface area (Å²) >= 11 is 0. The Hall–Kier alpha value is -2.98. The molecule has 10 heteroatoms. The van der Waals surface area contributed by atoms with E-state index in [1.807, 2.05) is 0 Å². The van der Waals surface area contributed by atoms with Gasteiger partial charge >= 0.3 is 0 Å². The van der Waals surface area contributed by atoms with Gasteiger partial charge in [0, 0.05) is 32.2 Å². The topological polar surface area (TPSA) is 106 Å². The van der Waals surface area contributed by atoms with E-state index in [-0.39, 0.29) is 55.1 Å². The van der Waals surface area contributed by atoms with Gasteiger partial charge in [-0.1, -0.05) is 0 Å². The first-order chi connectivity index (χ1) is 14.3. The van der Waals surface area contributed by atoms with Crippen molar-refractivity contribution in [1.82, 2.24) is 9.21 Å². The van der Waals surface area contributed by atoms with Gasteiger partial charge < -0.3 is 24.2 Å². The first-order valence-electron chi connectivity index (χ1n) is 9.27. The molecule has 2 aromatic carbocycles. The molecule has 0 aliphatic carbocycles. The van der Waals surface area contributed by atoms with Crippen LogP contribution in [0, 0.1) is 0 Å². The van der Waals surface area contributed by atoms with Crippen molar-refractivity contribution in [2.45, 2.75) is 4.90 Å². The smallest absolute Gasteiger partial charge is 0.260 e. The van der Waals surface area contributed by atoms with Crippen LogP contribution in [0.15, 0.2) is 47.4 Å². The van der Waals surface area contributed by atoms with Crippen molar-refractivity contribution in [3.63, 3.8) is 0 Å². The molecule has 0 spiro atoms. The Balaban J connectivity index is 1.60. The number of carbonyl (C=O) groups excluding carboxylic acids is 1. The molecular weight excluding hydrogens is 412 g/mol. The van der Waals surface area contributed by atoms with Crippen molar-refractivity contribution >= 4 is 15.9 Å². The number of phenols is 1. The Morgan fingerprint density at radius 1 is 0.967 bits per heavy atom. The molecule has 1 heterocycles. The lowest BCUT2D eigenvalue weighted by atomic mass is 10.3. The van der Waals surface area contributed by atoms with E-state index in [0.29, 0.717) is 11.5 Å². The number of amides is 1. The van der Waals surface area contributed by atoms with Crippen molar-refractivity contribution in [2.75, 3.05) is 47.0 Å². The third kappa shape index (κ3) is 4.77. The summed E-state index contributed by atoms with van der Waals surface area (Å²) in [6.07, 6.45) is 0. The summed E-state index contributed by atoms with van der Waals surface area (Å²) in [5.74, 6) is 1.04. The van der Waals surface area contributed by atoms with Crippen LogP contribution in [0.25, 0.3) is 0 Å². The summed E-state index contributed by atoms with van der Waals surface area (Å²) in [7, 11) is -0.886. The zero-order valence-corrected chi connectivity index (χ0v) is 17.6. The van der Waals surface area contributed by atoms with Gasteiger partial charge in [-0.2, -0.15) is 4.31 Å². The molecule has 0 aromatic heterocycles. The Morgan fingerprint density at radius 3 is 2.20 bits per heavy atom. The minimum atomic E-state index is -3.78. The van der Waals surface area contributed by atoms with Crippen molar-refractivity contribution in [1.29, 1.82) is 0 Å². The van der Waals surface area contributed by atoms with E-state index in [1.54, 1.807) is 23.1 Å². The molecule has 0 saturated carbocycles. The van der Waals surface area contributed by atoms with E-state index < -0.39 is 10.0 Å². The normalized spacial score (nSPS) is 14.9. The maximum Gasteiger partial charge on any atom is 0.260 e. The fourth-order valence-electron chi connectivity index (χ4n) is 3.08. The number of benzene rings is 2. The van der Waals surface area contributed by atoms with Crippen LogP contribution in [0.3, 0.4) is 0 Å². The minimum Gasteiger partial charge on any atom is -0.508 e. The summed E-state index contributed by atoms with van der Waals surface area (Å²) in [5.41, 5.74) is 0. The second kappa shape index (κ2) is 9.23. The number of hydrogen-bond donors (Lipinski definition) is 1. The number of ether oxygens (including phenoxy) is 3. The van der Waals surface area contributed by atoms with Crippen LogP contribution >= 0.6 is 0 Å². The first-order valence-corrected chi connectivity index (χ1v) is 10.7. The van der Waals surface area contributed by atoms with E-state index in [0.717, 1.165) is 0 Å². The Labute approximate surface area is 175 Å². The van der Waals surface area contributed by atoms with Crippen molar-refractivity contribution in [3.05, 3.63) is 42.5 Å². The van der Waals surface area contributed by atoms with Crippen LogP contribution < -0.4 is 14.2 Å². The van der Waals surface area contributed by atoms with Crippen LogP contribution in [0.1, 0.15) is 0 Å². The lowest BCUT2D eigenvalue weighted by Gasteiger charge is -2.34. The van der Waals surface area contributed by atoms with Gasteiger partial charge in [-0.05, 0) is 36.4 Å². The minimum absolute atomic E-state index is 0.0567. The predicted octanol–water partition coefficient (Wildman–Crippen LogP) is 1.32.